The van der Waals surface area contributed by atoms with E-state index in [1.54, 1.807) is 13.0 Å². The summed E-state index contributed by atoms with van der Waals surface area (Å²) in [6, 6.07) is 3.22. The van der Waals surface area contributed by atoms with Crippen molar-refractivity contribution in [1.82, 2.24) is 4.98 Å². The van der Waals surface area contributed by atoms with E-state index in [2.05, 4.69) is 10.3 Å². The van der Waals surface area contributed by atoms with E-state index < -0.39 is 5.97 Å². The summed E-state index contributed by atoms with van der Waals surface area (Å²) >= 11 is 1.32. The van der Waals surface area contributed by atoms with Gasteiger partial charge in [0.25, 0.3) is 5.91 Å². The van der Waals surface area contributed by atoms with Crippen LogP contribution < -0.4 is 11.1 Å². The number of esters is 1. The molecule has 2 aromatic rings. The normalized spacial score (nSPS) is 10.3. The zero-order valence-corrected chi connectivity index (χ0v) is 12.0. The average molecular weight is 293 g/mol. The first kappa shape index (κ1) is 14.1. The molecule has 0 aliphatic rings. The highest BCUT2D eigenvalue weighted by atomic mass is 32.1. The first-order chi connectivity index (χ1) is 9.51. The van der Waals surface area contributed by atoms with Crippen LogP contribution in [0.25, 0.3) is 0 Å². The second-order valence-corrected chi connectivity index (χ2v) is 5.38. The summed E-state index contributed by atoms with van der Waals surface area (Å²) in [4.78, 5) is 27.5. The summed E-state index contributed by atoms with van der Waals surface area (Å²) < 4.78 is 4.96. The van der Waals surface area contributed by atoms with Crippen LogP contribution in [0.5, 0.6) is 0 Å². The molecule has 0 saturated carbocycles. The van der Waals surface area contributed by atoms with Crippen molar-refractivity contribution in [2.45, 2.75) is 13.8 Å². The van der Waals surface area contributed by atoms with E-state index in [1.165, 1.54) is 23.6 Å². The van der Waals surface area contributed by atoms with E-state index in [4.69, 9.17) is 10.5 Å². The van der Waals surface area contributed by atoms with E-state index in [9.17, 15) is 9.59 Å². The molecule has 0 bridgehead atoms. The van der Waals surface area contributed by atoms with Crippen LogP contribution in [-0.4, -0.2) is 23.5 Å². The minimum atomic E-state index is -0.446. The summed E-state index contributed by atoms with van der Waals surface area (Å²) in [7, 11) is 0. The number of nitrogen functional groups attached to an aromatic ring is 1. The second kappa shape index (κ2) is 5.79. The predicted molar refractivity (Wildman–Crippen MR) is 78.2 cm³/mol. The predicted octanol–water partition coefficient (Wildman–Crippen LogP) is 2.40. The number of ether oxygens (including phenoxy) is 1. The number of carbonyl (C=O) groups is 2. The molecule has 0 fully saturated rings. The number of aromatic nitrogens is 1. The minimum absolute atomic E-state index is 0.286. The lowest BCUT2D eigenvalue weighted by Gasteiger charge is -2.04. The fourth-order valence-electron chi connectivity index (χ4n) is 1.68. The zero-order chi connectivity index (χ0) is 14.7. The van der Waals surface area contributed by atoms with Crippen molar-refractivity contribution in [1.29, 1.82) is 0 Å². The molecule has 0 unspecified atom stereocenters. The van der Waals surface area contributed by atoms with Crippen LogP contribution in [0.4, 0.5) is 10.7 Å². The third-order valence-corrected chi connectivity index (χ3v) is 3.49. The maximum absolute atomic E-state index is 12.0. The standard InChI is InChI=1S/C13H15N3O3S/c1-3-19-13(18)9-4-7(2)20-12(9)16-11(17)10-5-8(14)6-15-10/h4-6,15H,3,14H2,1-2H3,(H,16,17). The Morgan fingerprint density at radius 1 is 1.45 bits per heavy atom. The Morgan fingerprint density at radius 2 is 2.20 bits per heavy atom. The Labute approximate surface area is 119 Å². The van der Waals surface area contributed by atoms with Crippen molar-refractivity contribution in [3.05, 3.63) is 34.5 Å². The van der Waals surface area contributed by atoms with Crippen LogP contribution in [-0.2, 0) is 4.74 Å². The van der Waals surface area contributed by atoms with Crippen LogP contribution in [0.3, 0.4) is 0 Å². The highest BCUT2D eigenvalue weighted by Gasteiger charge is 2.18. The smallest absolute Gasteiger partial charge is 0.341 e. The van der Waals surface area contributed by atoms with E-state index in [1.807, 2.05) is 6.92 Å². The van der Waals surface area contributed by atoms with Gasteiger partial charge in [-0.15, -0.1) is 11.3 Å². The number of nitrogens with one attached hydrogen (secondary N) is 2. The summed E-state index contributed by atoms with van der Waals surface area (Å²) in [5, 5.41) is 3.16. The Hall–Kier alpha value is -2.28. The number of anilines is 2. The molecule has 0 radical (unpaired) electrons. The molecule has 0 aliphatic carbocycles. The number of aromatic amines is 1. The van der Waals surface area contributed by atoms with E-state index in [0.29, 0.717) is 21.9 Å². The molecule has 0 spiro atoms. The number of amides is 1. The van der Waals surface area contributed by atoms with Gasteiger partial charge in [0.2, 0.25) is 0 Å². The SMILES string of the molecule is CCOC(=O)c1cc(C)sc1NC(=O)c1cc(N)c[nH]1. The zero-order valence-electron chi connectivity index (χ0n) is 11.1. The van der Waals surface area contributed by atoms with Gasteiger partial charge in [-0.25, -0.2) is 4.79 Å². The fourth-order valence-corrected chi connectivity index (χ4v) is 2.57. The number of H-pyrrole nitrogens is 1. The topological polar surface area (TPSA) is 97.2 Å². The maximum Gasteiger partial charge on any atom is 0.341 e. The van der Waals surface area contributed by atoms with Crippen molar-refractivity contribution < 1.29 is 14.3 Å². The molecule has 4 N–H and O–H groups in total. The van der Waals surface area contributed by atoms with Gasteiger partial charge in [0.15, 0.2) is 0 Å². The number of rotatable bonds is 4. The highest BCUT2D eigenvalue weighted by Crippen LogP contribution is 2.28. The molecule has 0 aliphatic heterocycles. The van der Waals surface area contributed by atoms with Crippen LogP contribution >= 0.6 is 11.3 Å². The summed E-state index contributed by atoms with van der Waals surface area (Å²) in [6.07, 6.45) is 1.53. The molecule has 2 rings (SSSR count). The van der Waals surface area contributed by atoms with Gasteiger partial charge in [0.05, 0.1) is 12.2 Å². The second-order valence-electron chi connectivity index (χ2n) is 4.12. The third kappa shape index (κ3) is 3.00. The van der Waals surface area contributed by atoms with Crippen LogP contribution in [0.1, 0.15) is 32.6 Å². The molecular formula is C13H15N3O3S. The van der Waals surface area contributed by atoms with Crippen molar-refractivity contribution in [3.8, 4) is 0 Å². The quantitative estimate of drug-likeness (QED) is 0.754. The number of aryl methyl sites for hydroxylation is 1. The average Bonchev–Trinajstić information content (AvgIpc) is 2.96. The van der Waals surface area contributed by atoms with Crippen LogP contribution in [0.15, 0.2) is 18.3 Å². The fraction of sp³-hybridized carbons (Fsp3) is 0.231. The third-order valence-electron chi connectivity index (χ3n) is 2.53. The summed E-state index contributed by atoms with van der Waals surface area (Å²) in [6.45, 7) is 3.88. The van der Waals surface area contributed by atoms with E-state index in [-0.39, 0.29) is 12.5 Å². The maximum atomic E-state index is 12.0. The van der Waals surface area contributed by atoms with Gasteiger partial charge < -0.3 is 20.8 Å². The van der Waals surface area contributed by atoms with Gasteiger partial charge in [0.1, 0.15) is 10.7 Å². The number of thiophene rings is 1. The largest absolute Gasteiger partial charge is 0.462 e. The van der Waals surface area contributed by atoms with Gasteiger partial charge in [-0.1, -0.05) is 0 Å². The molecule has 0 saturated heterocycles. The Morgan fingerprint density at radius 3 is 2.80 bits per heavy atom. The first-order valence-corrected chi connectivity index (χ1v) is 6.85. The van der Waals surface area contributed by atoms with Crippen molar-refractivity contribution in [3.63, 3.8) is 0 Å². The molecule has 1 amide bonds. The molecule has 0 atom stereocenters. The molecule has 7 heteroatoms. The Kier molecular flexibility index (Phi) is 4.09. The lowest BCUT2D eigenvalue weighted by molar-refractivity contribution is 0.0528. The monoisotopic (exact) mass is 293 g/mol. The van der Waals surface area contributed by atoms with Gasteiger partial charge >= 0.3 is 5.97 Å². The Bertz CT molecular complexity index is 645. The number of hydrogen-bond donors (Lipinski definition) is 3. The summed E-state index contributed by atoms with van der Waals surface area (Å²) in [5.74, 6) is -0.799. The molecule has 20 heavy (non-hydrogen) atoms. The highest BCUT2D eigenvalue weighted by molar-refractivity contribution is 7.16. The molecule has 0 aromatic carbocycles. The van der Waals surface area contributed by atoms with Crippen molar-refractivity contribution in [2.24, 2.45) is 0 Å². The number of hydrogen-bond acceptors (Lipinski definition) is 5. The Balaban J connectivity index is 2.21. The van der Waals surface area contributed by atoms with Gasteiger partial charge in [-0.3, -0.25) is 4.79 Å². The van der Waals surface area contributed by atoms with Gasteiger partial charge in [0, 0.05) is 16.8 Å². The van der Waals surface area contributed by atoms with Crippen LogP contribution in [0, 0.1) is 6.92 Å². The summed E-state index contributed by atoms with van der Waals surface area (Å²) in [5.41, 5.74) is 6.72. The van der Waals surface area contributed by atoms with Crippen LogP contribution in [0.2, 0.25) is 0 Å². The first-order valence-electron chi connectivity index (χ1n) is 6.04. The number of carbonyl (C=O) groups excluding carboxylic acids is 2. The number of nitrogens with two attached hydrogens (primary N) is 1. The minimum Gasteiger partial charge on any atom is -0.462 e. The molecule has 106 valence electrons. The lowest BCUT2D eigenvalue weighted by atomic mass is 10.3. The lowest BCUT2D eigenvalue weighted by Crippen LogP contribution is -2.14. The van der Waals surface area contributed by atoms with E-state index in [0.717, 1.165) is 4.88 Å². The van der Waals surface area contributed by atoms with Crippen molar-refractivity contribution >= 4 is 33.9 Å². The van der Waals surface area contributed by atoms with Crippen molar-refractivity contribution in [2.75, 3.05) is 17.7 Å². The molecule has 2 aromatic heterocycles. The van der Waals surface area contributed by atoms with E-state index >= 15 is 0 Å². The van der Waals surface area contributed by atoms with Gasteiger partial charge in [-0.2, -0.15) is 0 Å². The van der Waals surface area contributed by atoms with Gasteiger partial charge in [-0.05, 0) is 26.0 Å². The molecule has 2 heterocycles. The molecule has 6 nitrogen and oxygen atoms in total. The molecular weight excluding hydrogens is 278 g/mol.